The number of rotatable bonds is 7. The van der Waals surface area contributed by atoms with Crippen LogP contribution in [0.2, 0.25) is 0 Å². The number of hydrogen-bond acceptors (Lipinski definition) is 4. The van der Waals surface area contributed by atoms with Crippen molar-refractivity contribution < 1.29 is 14.3 Å². The van der Waals surface area contributed by atoms with Crippen molar-refractivity contribution in [1.82, 2.24) is 0 Å². The van der Waals surface area contributed by atoms with Gasteiger partial charge >= 0.3 is 0 Å². The minimum Gasteiger partial charge on any atom is -0.493 e. The molecule has 0 aliphatic heterocycles. The van der Waals surface area contributed by atoms with Gasteiger partial charge in [-0.3, -0.25) is 4.79 Å². The van der Waals surface area contributed by atoms with Gasteiger partial charge in [-0.25, -0.2) is 0 Å². The van der Waals surface area contributed by atoms with Crippen LogP contribution < -0.4 is 9.47 Å². The predicted octanol–water partition coefficient (Wildman–Crippen LogP) is 4.59. The number of thioether (sulfide) groups is 1. The standard InChI is InChI=1S/C18H20O3S/c1-4-16(19)14-6-8-15(9-7-14)22-12-13-5-10-17(20-2)18(11-13)21-3/h5-11H,4,12H2,1-3H3. The Labute approximate surface area is 135 Å². The lowest BCUT2D eigenvalue weighted by molar-refractivity contribution is 0.0988. The van der Waals surface area contributed by atoms with Crippen molar-refractivity contribution in [2.24, 2.45) is 0 Å². The average molecular weight is 316 g/mol. The van der Waals surface area contributed by atoms with Gasteiger partial charge in [0.15, 0.2) is 17.3 Å². The molecule has 0 N–H and O–H groups in total. The lowest BCUT2D eigenvalue weighted by atomic mass is 10.1. The Morgan fingerprint density at radius 1 is 1.00 bits per heavy atom. The summed E-state index contributed by atoms with van der Waals surface area (Å²) in [6.45, 7) is 1.88. The molecule has 0 aliphatic rings. The van der Waals surface area contributed by atoms with Crippen molar-refractivity contribution in [2.75, 3.05) is 14.2 Å². The van der Waals surface area contributed by atoms with Crippen molar-refractivity contribution in [3.05, 3.63) is 53.6 Å². The molecule has 3 nitrogen and oxygen atoms in total. The van der Waals surface area contributed by atoms with Crippen molar-refractivity contribution in [2.45, 2.75) is 24.0 Å². The first-order valence-corrected chi connectivity index (χ1v) is 8.13. The van der Waals surface area contributed by atoms with E-state index >= 15 is 0 Å². The summed E-state index contributed by atoms with van der Waals surface area (Å²) < 4.78 is 10.5. The van der Waals surface area contributed by atoms with Crippen LogP contribution in [0.25, 0.3) is 0 Å². The number of benzene rings is 2. The summed E-state index contributed by atoms with van der Waals surface area (Å²) in [6, 6.07) is 13.7. The first-order chi connectivity index (χ1) is 10.7. The molecule has 0 radical (unpaired) electrons. The predicted molar refractivity (Wildman–Crippen MR) is 90.2 cm³/mol. The molecule has 2 rings (SSSR count). The van der Waals surface area contributed by atoms with Crippen LogP contribution in [0.5, 0.6) is 11.5 Å². The van der Waals surface area contributed by atoms with Crippen LogP contribution in [0.15, 0.2) is 47.4 Å². The molecule has 116 valence electrons. The Morgan fingerprint density at radius 2 is 1.68 bits per heavy atom. The van der Waals surface area contributed by atoms with Gasteiger partial charge in [0.1, 0.15) is 0 Å². The van der Waals surface area contributed by atoms with Crippen molar-refractivity contribution in [1.29, 1.82) is 0 Å². The fourth-order valence-corrected chi connectivity index (χ4v) is 2.92. The zero-order valence-electron chi connectivity index (χ0n) is 13.1. The van der Waals surface area contributed by atoms with Crippen LogP contribution in [-0.4, -0.2) is 20.0 Å². The third kappa shape index (κ3) is 4.04. The number of carbonyl (C=O) groups is 1. The quantitative estimate of drug-likeness (QED) is 0.553. The molecule has 22 heavy (non-hydrogen) atoms. The third-order valence-corrected chi connectivity index (χ3v) is 4.43. The van der Waals surface area contributed by atoms with Gasteiger partial charge < -0.3 is 9.47 Å². The third-order valence-electron chi connectivity index (χ3n) is 3.35. The fraction of sp³-hybridized carbons (Fsp3) is 0.278. The summed E-state index contributed by atoms with van der Waals surface area (Å²) in [7, 11) is 3.27. The topological polar surface area (TPSA) is 35.5 Å². The van der Waals surface area contributed by atoms with Gasteiger partial charge in [0.05, 0.1) is 14.2 Å². The monoisotopic (exact) mass is 316 g/mol. The lowest BCUT2D eigenvalue weighted by Crippen LogP contribution is -1.95. The van der Waals surface area contributed by atoms with Crippen LogP contribution in [0.4, 0.5) is 0 Å². The SMILES string of the molecule is CCC(=O)c1ccc(SCc2ccc(OC)c(OC)c2)cc1. The van der Waals surface area contributed by atoms with Gasteiger partial charge in [-0.1, -0.05) is 25.1 Å². The van der Waals surface area contributed by atoms with Crippen LogP contribution >= 0.6 is 11.8 Å². The van der Waals surface area contributed by atoms with E-state index in [-0.39, 0.29) is 5.78 Å². The first kappa shape index (κ1) is 16.4. The van der Waals surface area contributed by atoms with Crippen LogP contribution in [0, 0.1) is 0 Å². The van der Waals surface area contributed by atoms with E-state index in [1.165, 1.54) is 0 Å². The molecule has 0 fully saturated rings. The Morgan fingerprint density at radius 3 is 2.27 bits per heavy atom. The number of Topliss-reactive ketones (excluding diaryl/α,β-unsaturated/α-hetero) is 1. The minimum absolute atomic E-state index is 0.177. The van der Waals surface area contributed by atoms with Crippen LogP contribution in [0.1, 0.15) is 29.3 Å². The highest BCUT2D eigenvalue weighted by atomic mass is 32.2. The van der Waals surface area contributed by atoms with E-state index in [2.05, 4.69) is 0 Å². The zero-order chi connectivity index (χ0) is 15.9. The minimum atomic E-state index is 0.177. The van der Waals surface area contributed by atoms with Gasteiger partial charge in [-0.05, 0) is 29.8 Å². The van der Waals surface area contributed by atoms with Crippen LogP contribution in [0.3, 0.4) is 0 Å². The summed E-state index contributed by atoms with van der Waals surface area (Å²) in [5.41, 5.74) is 1.94. The smallest absolute Gasteiger partial charge is 0.162 e. The fourth-order valence-electron chi connectivity index (χ4n) is 2.08. The Hall–Kier alpha value is -1.94. The molecule has 0 amide bonds. The molecule has 0 spiro atoms. The second kappa shape index (κ2) is 7.90. The van der Waals surface area contributed by atoms with E-state index in [0.29, 0.717) is 6.42 Å². The average Bonchev–Trinajstić information content (AvgIpc) is 2.59. The summed E-state index contributed by atoms with van der Waals surface area (Å²) in [6.07, 6.45) is 0.540. The van der Waals surface area contributed by atoms with Gasteiger partial charge in [-0.2, -0.15) is 0 Å². The van der Waals surface area contributed by atoms with E-state index in [0.717, 1.165) is 33.3 Å². The number of ether oxygens (including phenoxy) is 2. The molecule has 0 unspecified atom stereocenters. The number of carbonyl (C=O) groups excluding carboxylic acids is 1. The molecule has 4 heteroatoms. The normalized spacial score (nSPS) is 10.3. The van der Waals surface area contributed by atoms with Gasteiger partial charge in [0.25, 0.3) is 0 Å². The molecule has 2 aromatic rings. The summed E-state index contributed by atoms with van der Waals surface area (Å²) in [4.78, 5) is 12.7. The summed E-state index contributed by atoms with van der Waals surface area (Å²) >= 11 is 1.73. The number of hydrogen-bond donors (Lipinski definition) is 0. The van der Waals surface area contributed by atoms with Gasteiger partial charge in [0.2, 0.25) is 0 Å². The maximum atomic E-state index is 11.6. The molecule has 0 saturated carbocycles. The Bertz CT molecular complexity index is 635. The van der Waals surface area contributed by atoms with Crippen molar-refractivity contribution in [3.63, 3.8) is 0 Å². The first-order valence-electron chi connectivity index (χ1n) is 7.15. The molecule has 0 bridgehead atoms. The maximum absolute atomic E-state index is 11.6. The van der Waals surface area contributed by atoms with Crippen LogP contribution in [-0.2, 0) is 5.75 Å². The van der Waals surface area contributed by atoms with E-state index in [1.54, 1.807) is 26.0 Å². The van der Waals surface area contributed by atoms with E-state index in [4.69, 9.17) is 9.47 Å². The molecular weight excluding hydrogens is 296 g/mol. The summed E-state index contributed by atoms with van der Waals surface area (Å²) in [5.74, 6) is 2.49. The number of methoxy groups -OCH3 is 2. The molecular formula is C18H20O3S. The Balaban J connectivity index is 2.02. The Kier molecular flexibility index (Phi) is 5.90. The van der Waals surface area contributed by atoms with Gasteiger partial charge in [-0.15, -0.1) is 11.8 Å². The highest BCUT2D eigenvalue weighted by molar-refractivity contribution is 7.98. The summed E-state index contributed by atoms with van der Waals surface area (Å²) in [5, 5.41) is 0. The highest BCUT2D eigenvalue weighted by Crippen LogP contribution is 2.30. The second-order valence-electron chi connectivity index (χ2n) is 4.78. The molecule has 0 atom stereocenters. The van der Waals surface area contributed by atoms with E-state index in [1.807, 2.05) is 49.4 Å². The van der Waals surface area contributed by atoms with Gasteiger partial charge in [0, 0.05) is 22.6 Å². The molecule has 0 aliphatic carbocycles. The van der Waals surface area contributed by atoms with Crippen molar-refractivity contribution in [3.8, 4) is 11.5 Å². The van der Waals surface area contributed by atoms with Crippen molar-refractivity contribution >= 4 is 17.5 Å². The molecule has 0 saturated heterocycles. The van der Waals surface area contributed by atoms with E-state index < -0.39 is 0 Å². The second-order valence-corrected chi connectivity index (χ2v) is 5.83. The highest BCUT2D eigenvalue weighted by Gasteiger charge is 2.06. The molecule has 0 aromatic heterocycles. The lowest BCUT2D eigenvalue weighted by Gasteiger charge is -2.09. The van der Waals surface area contributed by atoms with E-state index in [9.17, 15) is 4.79 Å². The number of ketones is 1. The largest absolute Gasteiger partial charge is 0.493 e. The maximum Gasteiger partial charge on any atom is 0.162 e. The zero-order valence-corrected chi connectivity index (χ0v) is 13.9. The molecule has 2 aromatic carbocycles. The molecule has 0 heterocycles.